The predicted molar refractivity (Wildman–Crippen MR) is 93.5 cm³/mol. The van der Waals surface area contributed by atoms with Crippen molar-refractivity contribution < 1.29 is 4.79 Å². The van der Waals surface area contributed by atoms with E-state index in [9.17, 15) is 4.79 Å². The normalized spacial score (nSPS) is 19.9. The average Bonchev–Trinajstić information content (AvgIpc) is 3.19. The van der Waals surface area contributed by atoms with Gasteiger partial charge in [-0.15, -0.1) is 15.0 Å². The van der Waals surface area contributed by atoms with Crippen LogP contribution in [-0.2, 0) is 0 Å². The van der Waals surface area contributed by atoms with Gasteiger partial charge in [-0.05, 0) is 30.2 Å². The van der Waals surface area contributed by atoms with Gasteiger partial charge in [0.05, 0.1) is 5.69 Å². The van der Waals surface area contributed by atoms with Crippen molar-refractivity contribution in [3.05, 3.63) is 36.2 Å². The van der Waals surface area contributed by atoms with E-state index in [2.05, 4.69) is 20.3 Å². The Morgan fingerprint density at radius 3 is 2.40 bits per heavy atom. The molecule has 1 aliphatic heterocycles. The molecule has 0 spiro atoms. The highest BCUT2D eigenvalue weighted by atomic mass is 16.2. The Labute approximate surface area is 147 Å². The van der Waals surface area contributed by atoms with Crippen LogP contribution in [0.25, 0.3) is 5.69 Å². The Morgan fingerprint density at radius 2 is 1.68 bits per heavy atom. The topological polar surface area (TPSA) is 67.2 Å². The maximum absolute atomic E-state index is 12.7. The zero-order chi connectivity index (χ0) is 17.1. The molecular formula is C18H24N6O. The Kier molecular flexibility index (Phi) is 4.74. The fourth-order valence-corrected chi connectivity index (χ4v) is 3.85. The summed E-state index contributed by atoms with van der Waals surface area (Å²) in [7, 11) is 0. The molecular weight excluding hydrogens is 316 g/mol. The van der Waals surface area contributed by atoms with Crippen LogP contribution in [0.3, 0.4) is 0 Å². The van der Waals surface area contributed by atoms with E-state index in [1.165, 1.54) is 36.9 Å². The number of piperazine rings is 1. The van der Waals surface area contributed by atoms with Gasteiger partial charge in [0.1, 0.15) is 0 Å². The molecule has 25 heavy (non-hydrogen) atoms. The maximum Gasteiger partial charge on any atom is 0.295 e. The molecule has 1 aromatic heterocycles. The summed E-state index contributed by atoms with van der Waals surface area (Å²) in [4.78, 5) is 18.5. The van der Waals surface area contributed by atoms with Crippen LogP contribution in [0.2, 0.25) is 0 Å². The van der Waals surface area contributed by atoms with E-state index < -0.39 is 0 Å². The van der Waals surface area contributed by atoms with Crippen LogP contribution >= 0.6 is 0 Å². The Balaban J connectivity index is 1.37. The van der Waals surface area contributed by atoms with E-state index in [0.29, 0.717) is 6.04 Å². The van der Waals surface area contributed by atoms with Crippen molar-refractivity contribution in [1.29, 1.82) is 0 Å². The number of amides is 1. The second-order valence-corrected chi connectivity index (χ2v) is 6.86. The van der Waals surface area contributed by atoms with Crippen LogP contribution in [0.15, 0.2) is 30.3 Å². The molecule has 1 saturated heterocycles. The van der Waals surface area contributed by atoms with Gasteiger partial charge in [-0.25, -0.2) is 0 Å². The molecule has 132 valence electrons. The fourth-order valence-electron chi connectivity index (χ4n) is 3.85. The first kappa shape index (κ1) is 16.2. The van der Waals surface area contributed by atoms with Gasteiger partial charge in [-0.2, -0.15) is 0 Å². The largest absolute Gasteiger partial charge is 0.333 e. The molecule has 4 rings (SSSR count). The zero-order valence-corrected chi connectivity index (χ0v) is 14.4. The van der Waals surface area contributed by atoms with Crippen molar-refractivity contribution in [1.82, 2.24) is 30.0 Å². The second kappa shape index (κ2) is 7.31. The number of hydrogen-bond acceptors (Lipinski definition) is 5. The molecule has 0 bridgehead atoms. The quantitative estimate of drug-likeness (QED) is 0.852. The van der Waals surface area contributed by atoms with Gasteiger partial charge in [0.2, 0.25) is 0 Å². The van der Waals surface area contributed by atoms with Gasteiger partial charge < -0.3 is 4.90 Å². The highest BCUT2D eigenvalue weighted by Gasteiger charge is 2.29. The number of nitrogens with zero attached hydrogens (tertiary/aromatic N) is 6. The highest BCUT2D eigenvalue weighted by molar-refractivity contribution is 5.90. The molecule has 0 N–H and O–H groups in total. The van der Waals surface area contributed by atoms with Gasteiger partial charge in [-0.3, -0.25) is 9.69 Å². The summed E-state index contributed by atoms with van der Waals surface area (Å²) in [5, 5.41) is 12.2. The van der Waals surface area contributed by atoms with Gasteiger partial charge in [-0.1, -0.05) is 37.5 Å². The number of carbonyl (C=O) groups excluding carboxylic acids is 1. The van der Waals surface area contributed by atoms with Crippen LogP contribution in [0, 0.1) is 0 Å². The predicted octanol–water partition coefficient (Wildman–Crippen LogP) is 1.75. The molecule has 1 aliphatic carbocycles. The van der Waals surface area contributed by atoms with Crippen molar-refractivity contribution in [2.24, 2.45) is 0 Å². The minimum absolute atomic E-state index is 0.120. The summed E-state index contributed by atoms with van der Waals surface area (Å²) in [5.74, 6) is 0.0560. The lowest BCUT2D eigenvalue weighted by atomic mass is 9.94. The molecule has 0 unspecified atom stereocenters. The lowest BCUT2D eigenvalue weighted by Crippen LogP contribution is -2.52. The summed E-state index contributed by atoms with van der Waals surface area (Å²) >= 11 is 0. The first-order chi connectivity index (χ1) is 12.3. The SMILES string of the molecule is O=C(c1nnn(-c2ccccc2)n1)N1CCN(C2CCCCC2)CC1. The molecule has 2 aliphatic rings. The Morgan fingerprint density at radius 1 is 0.960 bits per heavy atom. The first-order valence-electron chi connectivity index (χ1n) is 9.20. The van der Waals surface area contributed by atoms with Crippen LogP contribution in [0.4, 0.5) is 0 Å². The third-order valence-electron chi connectivity index (χ3n) is 5.28. The number of aromatic nitrogens is 4. The Hall–Kier alpha value is -2.28. The summed E-state index contributed by atoms with van der Waals surface area (Å²) in [5.41, 5.74) is 0.802. The average molecular weight is 340 g/mol. The van der Waals surface area contributed by atoms with E-state index in [4.69, 9.17) is 0 Å². The van der Waals surface area contributed by atoms with Crippen LogP contribution in [0.1, 0.15) is 42.7 Å². The zero-order valence-electron chi connectivity index (χ0n) is 14.4. The van der Waals surface area contributed by atoms with E-state index in [0.717, 1.165) is 31.9 Å². The summed E-state index contributed by atoms with van der Waals surface area (Å²) in [6.07, 6.45) is 6.67. The maximum atomic E-state index is 12.7. The smallest absolute Gasteiger partial charge is 0.295 e. The van der Waals surface area contributed by atoms with Crippen LogP contribution < -0.4 is 0 Å². The van der Waals surface area contributed by atoms with Gasteiger partial charge in [0, 0.05) is 32.2 Å². The molecule has 2 fully saturated rings. The molecule has 1 saturated carbocycles. The molecule has 0 radical (unpaired) electrons. The highest BCUT2D eigenvalue weighted by Crippen LogP contribution is 2.23. The molecule has 7 nitrogen and oxygen atoms in total. The molecule has 2 aromatic rings. The molecule has 2 heterocycles. The minimum atomic E-state index is -0.120. The molecule has 7 heteroatoms. The monoisotopic (exact) mass is 340 g/mol. The van der Waals surface area contributed by atoms with Crippen molar-refractivity contribution in [3.8, 4) is 5.69 Å². The fraction of sp³-hybridized carbons (Fsp3) is 0.556. The molecule has 0 atom stereocenters. The van der Waals surface area contributed by atoms with Gasteiger partial charge in [0.15, 0.2) is 0 Å². The number of tetrazole rings is 1. The van der Waals surface area contributed by atoms with Crippen LogP contribution in [0.5, 0.6) is 0 Å². The van der Waals surface area contributed by atoms with Crippen molar-refractivity contribution in [2.75, 3.05) is 26.2 Å². The van der Waals surface area contributed by atoms with E-state index in [1.54, 1.807) is 0 Å². The third-order valence-corrected chi connectivity index (χ3v) is 5.28. The third kappa shape index (κ3) is 3.56. The number of para-hydroxylation sites is 1. The first-order valence-corrected chi connectivity index (χ1v) is 9.20. The lowest BCUT2D eigenvalue weighted by Gasteiger charge is -2.40. The van der Waals surface area contributed by atoms with Crippen molar-refractivity contribution in [2.45, 2.75) is 38.1 Å². The van der Waals surface area contributed by atoms with Gasteiger partial charge >= 0.3 is 0 Å². The number of hydrogen-bond donors (Lipinski definition) is 0. The summed E-state index contributed by atoms with van der Waals surface area (Å²) in [6, 6.07) is 10.2. The lowest BCUT2D eigenvalue weighted by molar-refractivity contribution is 0.0513. The van der Waals surface area contributed by atoms with Gasteiger partial charge in [0.25, 0.3) is 11.7 Å². The second-order valence-electron chi connectivity index (χ2n) is 6.86. The molecule has 1 amide bonds. The summed E-state index contributed by atoms with van der Waals surface area (Å²) in [6.45, 7) is 3.39. The van der Waals surface area contributed by atoms with E-state index in [-0.39, 0.29) is 11.7 Å². The standard InChI is InChI=1S/C18H24N6O/c25-18(17-19-21-24(20-17)16-9-5-2-6-10-16)23-13-11-22(12-14-23)15-7-3-1-4-8-15/h2,5-6,9-10,15H,1,3-4,7-8,11-14H2. The number of carbonyl (C=O) groups is 1. The number of benzene rings is 1. The number of rotatable bonds is 3. The van der Waals surface area contributed by atoms with Crippen LogP contribution in [-0.4, -0.2) is 68.1 Å². The van der Waals surface area contributed by atoms with E-state index >= 15 is 0 Å². The van der Waals surface area contributed by atoms with Crippen molar-refractivity contribution in [3.63, 3.8) is 0 Å². The van der Waals surface area contributed by atoms with E-state index in [1.807, 2.05) is 35.2 Å². The summed E-state index contributed by atoms with van der Waals surface area (Å²) < 4.78 is 0. The molecule has 1 aromatic carbocycles. The van der Waals surface area contributed by atoms with Crippen molar-refractivity contribution >= 4 is 5.91 Å². The Bertz CT molecular complexity index is 701. The minimum Gasteiger partial charge on any atom is -0.333 e.